The summed E-state index contributed by atoms with van der Waals surface area (Å²) in [4.78, 5) is 0.890. The first-order valence-electron chi connectivity index (χ1n) is 4.96. The molecule has 0 radical (unpaired) electrons. The zero-order valence-corrected chi connectivity index (χ0v) is 10.6. The van der Waals surface area contributed by atoms with Crippen molar-refractivity contribution in [3.8, 4) is 0 Å². The average molecular weight is 259 g/mol. The third kappa shape index (κ3) is 3.70. The van der Waals surface area contributed by atoms with Gasteiger partial charge in [-0.25, -0.2) is 0 Å². The monoisotopic (exact) mass is 258 g/mol. The molecule has 4 N–H and O–H groups in total. The van der Waals surface area contributed by atoms with E-state index in [1.807, 2.05) is 6.92 Å². The van der Waals surface area contributed by atoms with Crippen molar-refractivity contribution in [1.82, 2.24) is 0 Å². The van der Waals surface area contributed by atoms with Gasteiger partial charge in [0.2, 0.25) is 0 Å². The third-order valence-electron chi connectivity index (χ3n) is 2.10. The number of halogens is 1. The van der Waals surface area contributed by atoms with Gasteiger partial charge in [0.05, 0.1) is 0 Å². The van der Waals surface area contributed by atoms with Crippen LogP contribution in [0.2, 0.25) is 5.02 Å². The van der Waals surface area contributed by atoms with Gasteiger partial charge in [-0.1, -0.05) is 18.5 Å². The predicted molar refractivity (Wildman–Crippen MR) is 69.5 cm³/mol. The van der Waals surface area contributed by atoms with Gasteiger partial charge in [0.1, 0.15) is 5.84 Å². The van der Waals surface area contributed by atoms with Crippen LogP contribution in [0.4, 0.5) is 0 Å². The fraction of sp³-hybridized carbons (Fsp3) is 0.364. The average Bonchev–Trinajstić information content (AvgIpc) is 2.17. The molecule has 0 fully saturated rings. The number of aliphatic hydroxyl groups is 1. The van der Waals surface area contributed by atoms with Crippen LogP contribution in [0.1, 0.15) is 18.9 Å². The molecule has 0 aliphatic heterocycles. The molecule has 0 saturated carbocycles. The Kier molecular flexibility index (Phi) is 5.12. The Bertz CT molecular complexity index is 384. The molecule has 1 atom stereocenters. The number of nitrogen functional groups attached to an aromatic ring is 1. The van der Waals surface area contributed by atoms with Crippen molar-refractivity contribution in [2.75, 3.05) is 6.61 Å². The normalized spacial score (nSPS) is 12.4. The first-order valence-corrected chi connectivity index (χ1v) is 6.21. The van der Waals surface area contributed by atoms with Crippen LogP contribution >= 0.6 is 23.4 Å². The fourth-order valence-corrected chi connectivity index (χ4v) is 2.67. The summed E-state index contributed by atoms with van der Waals surface area (Å²) in [7, 11) is 0. The van der Waals surface area contributed by atoms with Crippen molar-refractivity contribution in [2.45, 2.75) is 23.5 Å². The lowest BCUT2D eigenvalue weighted by Crippen LogP contribution is -2.13. The van der Waals surface area contributed by atoms with Gasteiger partial charge in [-0.2, -0.15) is 0 Å². The van der Waals surface area contributed by atoms with E-state index in [9.17, 15) is 0 Å². The Morgan fingerprint density at radius 3 is 2.88 bits per heavy atom. The van der Waals surface area contributed by atoms with E-state index in [2.05, 4.69) is 0 Å². The zero-order chi connectivity index (χ0) is 12.1. The molecule has 0 heterocycles. The number of amidine groups is 1. The van der Waals surface area contributed by atoms with Crippen LogP contribution in [-0.4, -0.2) is 22.8 Å². The predicted octanol–water partition coefficient (Wildman–Crippen LogP) is 2.49. The molecule has 0 aliphatic carbocycles. The number of thioether (sulfide) groups is 1. The minimum Gasteiger partial charge on any atom is -0.396 e. The summed E-state index contributed by atoms with van der Waals surface area (Å²) < 4.78 is 0. The maximum absolute atomic E-state index is 8.84. The molecule has 0 aliphatic rings. The zero-order valence-electron chi connectivity index (χ0n) is 9.03. The van der Waals surface area contributed by atoms with E-state index in [0.717, 1.165) is 4.90 Å². The van der Waals surface area contributed by atoms with E-state index >= 15 is 0 Å². The lowest BCUT2D eigenvalue weighted by molar-refractivity contribution is 0.289. The summed E-state index contributed by atoms with van der Waals surface area (Å²) in [5.41, 5.74) is 6.19. The smallest absolute Gasteiger partial charge is 0.123 e. The topological polar surface area (TPSA) is 70.1 Å². The molecule has 0 saturated heterocycles. The number of hydrogen-bond donors (Lipinski definition) is 3. The Labute approximate surface area is 105 Å². The molecule has 1 aromatic rings. The first-order chi connectivity index (χ1) is 7.54. The lowest BCUT2D eigenvalue weighted by Gasteiger charge is -2.13. The summed E-state index contributed by atoms with van der Waals surface area (Å²) in [6.07, 6.45) is 0.703. The minimum atomic E-state index is 0.0374. The summed E-state index contributed by atoms with van der Waals surface area (Å²) in [6, 6.07) is 5.27. The largest absolute Gasteiger partial charge is 0.396 e. The highest BCUT2D eigenvalue weighted by atomic mass is 35.5. The second kappa shape index (κ2) is 6.13. The number of benzene rings is 1. The highest BCUT2D eigenvalue weighted by Gasteiger charge is 2.10. The van der Waals surface area contributed by atoms with Gasteiger partial charge in [0, 0.05) is 27.3 Å². The van der Waals surface area contributed by atoms with Crippen LogP contribution in [0.5, 0.6) is 0 Å². The van der Waals surface area contributed by atoms with Gasteiger partial charge in [-0.3, -0.25) is 5.41 Å². The molecule has 0 bridgehead atoms. The summed E-state index contributed by atoms with van der Waals surface area (Å²) >= 11 is 7.48. The van der Waals surface area contributed by atoms with E-state index in [-0.39, 0.29) is 17.7 Å². The fourth-order valence-electron chi connectivity index (χ4n) is 1.27. The van der Waals surface area contributed by atoms with Crippen LogP contribution in [0.25, 0.3) is 0 Å². The van der Waals surface area contributed by atoms with E-state index in [4.69, 9.17) is 27.9 Å². The maximum atomic E-state index is 8.84. The van der Waals surface area contributed by atoms with Crippen LogP contribution in [0.3, 0.4) is 0 Å². The van der Waals surface area contributed by atoms with Gasteiger partial charge >= 0.3 is 0 Å². The quantitative estimate of drug-likeness (QED) is 0.432. The molecule has 88 valence electrons. The van der Waals surface area contributed by atoms with Crippen LogP contribution < -0.4 is 5.73 Å². The number of nitrogens with two attached hydrogens (primary N) is 1. The van der Waals surface area contributed by atoms with E-state index in [0.29, 0.717) is 17.0 Å². The van der Waals surface area contributed by atoms with Crippen LogP contribution in [0, 0.1) is 5.41 Å². The Hall–Kier alpha value is -0.710. The first kappa shape index (κ1) is 13.4. The molecule has 1 rings (SSSR count). The Morgan fingerprint density at radius 2 is 2.31 bits per heavy atom. The molecule has 0 spiro atoms. The third-order valence-corrected chi connectivity index (χ3v) is 3.56. The number of rotatable bonds is 5. The van der Waals surface area contributed by atoms with E-state index in [1.54, 1.807) is 30.0 Å². The minimum absolute atomic E-state index is 0.0374. The molecule has 0 amide bonds. The van der Waals surface area contributed by atoms with Crippen LogP contribution in [-0.2, 0) is 0 Å². The SMILES string of the molecule is CC(CCO)Sc1cc(Cl)ccc1C(=N)N. The number of hydrogen-bond acceptors (Lipinski definition) is 3. The van der Waals surface area contributed by atoms with Crippen molar-refractivity contribution >= 4 is 29.2 Å². The van der Waals surface area contributed by atoms with Gasteiger partial charge in [0.15, 0.2) is 0 Å². The highest BCUT2D eigenvalue weighted by molar-refractivity contribution is 8.00. The molecule has 16 heavy (non-hydrogen) atoms. The van der Waals surface area contributed by atoms with E-state index in [1.165, 1.54) is 0 Å². The molecule has 3 nitrogen and oxygen atoms in total. The second-order valence-corrected chi connectivity index (χ2v) is 5.41. The molecule has 0 aromatic heterocycles. The van der Waals surface area contributed by atoms with Gasteiger partial charge in [0.25, 0.3) is 0 Å². The van der Waals surface area contributed by atoms with Crippen molar-refractivity contribution < 1.29 is 5.11 Å². The number of aliphatic hydroxyl groups excluding tert-OH is 1. The summed E-state index contributed by atoms with van der Waals surface area (Å²) in [5.74, 6) is 0.0374. The molecule has 1 unspecified atom stereocenters. The summed E-state index contributed by atoms with van der Waals surface area (Å²) in [5, 5.41) is 17.2. The van der Waals surface area contributed by atoms with Gasteiger partial charge < -0.3 is 10.8 Å². The summed E-state index contributed by atoms with van der Waals surface area (Å²) in [6.45, 7) is 2.18. The van der Waals surface area contributed by atoms with Crippen molar-refractivity contribution in [3.05, 3.63) is 28.8 Å². The molecular formula is C11H15ClN2OS. The molecule has 1 aromatic carbocycles. The Morgan fingerprint density at radius 1 is 1.62 bits per heavy atom. The highest BCUT2D eigenvalue weighted by Crippen LogP contribution is 2.30. The standard InChI is InChI=1S/C11H15ClN2OS/c1-7(4-5-15)16-10-6-8(12)2-3-9(10)11(13)14/h2-3,6-7,15H,4-5H2,1H3,(H3,13,14). The Balaban J connectivity index is 2.92. The molecular weight excluding hydrogens is 244 g/mol. The van der Waals surface area contributed by atoms with E-state index < -0.39 is 0 Å². The van der Waals surface area contributed by atoms with Crippen molar-refractivity contribution in [3.63, 3.8) is 0 Å². The van der Waals surface area contributed by atoms with Gasteiger partial charge in [-0.05, 0) is 24.6 Å². The lowest BCUT2D eigenvalue weighted by atomic mass is 10.2. The van der Waals surface area contributed by atoms with Gasteiger partial charge in [-0.15, -0.1) is 11.8 Å². The number of nitrogens with one attached hydrogen (secondary N) is 1. The van der Waals surface area contributed by atoms with Crippen LogP contribution in [0.15, 0.2) is 23.1 Å². The molecule has 5 heteroatoms. The van der Waals surface area contributed by atoms with Crippen molar-refractivity contribution in [2.24, 2.45) is 5.73 Å². The maximum Gasteiger partial charge on any atom is 0.123 e. The van der Waals surface area contributed by atoms with Crippen molar-refractivity contribution in [1.29, 1.82) is 5.41 Å². The second-order valence-electron chi connectivity index (χ2n) is 3.49.